The molecule has 138 valence electrons. The van der Waals surface area contributed by atoms with Crippen LogP contribution in [0.25, 0.3) is 0 Å². The number of carbonyl (C=O) groups is 1. The van der Waals surface area contributed by atoms with Gasteiger partial charge in [-0.25, -0.2) is 8.78 Å². The summed E-state index contributed by atoms with van der Waals surface area (Å²) in [7, 11) is 0. The SMILES string of the molecule is O=C(Cc1[nH]c(=S)n2c1C[C@@H](c1c(F)ccc(Br)c1F)C2)NC1CCC1. The van der Waals surface area contributed by atoms with Crippen LogP contribution in [0, 0.1) is 16.4 Å². The van der Waals surface area contributed by atoms with Crippen LogP contribution in [0.3, 0.4) is 0 Å². The number of hydrogen-bond donors (Lipinski definition) is 2. The van der Waals surface area contributed by atoms with Crippen molar-refractivity contribution in [2.24, 2.45) is 0 Å². The number of aromatic nitrogens is 2. The minimum atomic E-state index is -0.570. The van der Waals surface area contributed by atoms with Gasteiger partial charge in [0.2, 0.25) is 5.91 Å². The molecular weight excluding hydrogens is 424 g/mol. The van der Waals surface area contributed by atoms with E-state index in [0.717, 1.165) is 30.7 Å². The summed E-state index contributed by atoms with van der Waals surface area (Å²) in [5.74, 6) is -1.51. The highest BCUT2D eigenvalue weighted by atomic mass is 79.9. The van der Waals surface area contributed by atoms with E-state index in [1.165, 1.54) is 12.1 Å². The van der Waals surface area contributed by atoms with Crippen molar-refractivity contribution in [1.82, 2.24) is 14.9 Å². The van der Waals surface area contributed by atoms with E-state index < -0.39 is 11.6 Å². The summed E-state index contributed by atoms with van der Waals surface area (Å²) >= 11 is 8.47. The summed E-state index contributed by atoms with van der Waals surface area (Å²) < 4.78 is 31.3. The van der Waals surface area contributed by atoms with Gasteiger partial charge in [-0.1, -0.05) is 0 Å². The second-order valence-corrected chi connectivity index (χ2v) is 8.24. The lowest BCUT2D eigenvalue weighted by atomic mass is 9.93. The van der Waals surface area contributed by atoms with Gasteiger partial charge in [0.1, 0.15) is 11.6 Å². The van der Waals surface area contributed by atoms with Crippen LogP contribution in [0.1, 0.15) is 42.1 Å². The molecule has 1 fully saturated rings. The number of carbonyl (C=O) groups excluding carboxylic acids is 1. The van der Waals surface area contributed by atoms with Crippen LogP contribution in [0.2, 0.25) is 0 Å². The quantitative estimate of drug-likeness (QED) is 0.553. The van der Waals surface area contributed by atoms with Gasteiger partial charge in [-0.3, -0.25) is 4.79 Å². The molecule has 0 radical (unpaired) electrons. The molecule has 1 aromatic carbocycles. The number of nitrogens with one attached hydrogen (secondary N) is 2. The third-order valence-electron chi connectivity index (χ3n) is 5.32. The van der Waals surface area contributed by atoms with Gasteiger partial charge in [0, 0.05) is 35.5 Å². The molecule has 1 amide bonds. The van der Waals surface area contributed by atoms with Crippen molar-refractivity contribution >= 4 is 34.1 Å². The first kappa shape index (κ1) is 17.9. The van der Waals surface area contributed by atoms with Crippen LogP contribution in [0.4, 0.5) is 8.78 Å². The molecule has 1 saturated carbocycles. The summed E-state index contributed by atoms with van der Waals surface area (Å²) in [6.07, 6.45) is 3.86. The average Bonchev–Trinajstić information content (AvgIpc) is 3.09. The molecule has 2 N–H and O–H groups in total. The first-order chi connectivity index (χ1) is 12.4. The number of imidazole rings is 1. The zero-order valence-electron chi connectivity index (χ0n) is 13.9. The van der Waals surface area contributed by atoms with Gasteiger partial charge in [-0.2, -0.15) is 0 Å². The Labute approximate surface area is 163 Å². The molecule has 2 aromatic rings. The van der Waals surface area contributed by atoms with Gasteiger partial charge >= 0.3 is 0 Å². The number of nitrogens with zero attached hydrogens (tertiary/aromatic N) is 1. The van der Waals surface area contributed by atoms with Gasteiger partial charge in [0.15, 0.2) is 4.77 Å². The van der Waals surface area contributed by atoms with Crippen molar-refractivity contribution in [3.63, 3.8) is 0 Å². The zero-order chi connectivity index (χ0) is 18.4. The average molecular weight is 442 g/mol. The van der Waals surface area contributed by atoms with Gasteiger partial charge in [-0.05, 0) is 66.0 Å². The van der Waals surface area contributed by atoms with E-state index in [2.05, 4.69) is 26.2 Å². The molecule has 1 aliphatic carbocycles. The molecule has 1 aliphatic heterocycles. The van der Waals surface area contributed by atoms with Crippen LogP contribution < -0.4 is 5.32 Å². The standard InChI is InChI=1S/C18H18BrF2N3OS/c19-11-4-5-12(20)16(17(11)21)9-6-14-13(23-18(26)24(14)8-9)7-15(25)22-10-2-1-3-10/h4-5,9-10H,1-3,6-8H2,(H,22,25)(H,23,26)/t9-/m1/s1. The summed E-state index contributed by atoms with van der Waals surface area (Å²) in [6, 6.07) is 2.91. The fraction of sp³-hybridized carbons (Fsp3) is 0.444. The summed E-state index contributed by atoms with van der Waals surface area (Å²) in [5.41, 5.74) is 1.68. The van der Waals surface area contributed by atoms with E-state index in [9.17, 15) is 13.6 Å². The highest BCUT2D eigenvalue weighted by Gasteiger charge is 2.32. The topological polar surface area (TPSA) is 49.8 Å². The molecule has 0 unspecified atom stereocenters. The Balaban J connectivity index is 1.57. The summed E-state index contributed by atoms with van der Waals surface area (Å²) in [6.45, 7) is 0.402. The number of benzene rings is 1. The first-order valence-corrected chi connectivity index (χ1v) is 9.87. The first-order valence-electron chi connectivity index (χ1n) is 8.67. The number of rotatable bonds is 4. The van der Waals surface area contributed by atoms with Gasteiger partial charge in [0.05, 0.1) is 10.9 Å². The molecule has 1 aromatic heterocycles. The minimum absolute atomic E-state index is 0.0439. The van der Waals surface area contributed by atoms with E-state index in [1.54, 1.807) is 0 Å². The van der Waals surface area contributed by atoms with Crippen molar-refractivity contribution in [3.05, 3.63) is 50.0 Å². The lowest BCUT2D eigenvalue weighted by molar-refractivity contribution is -0.121. The van der Waals surface area contributed by atoms with E-state index in [0.29, 0.717) is 17.7 Å². The molecule has 0 bridgehead atoms. The van der Waals surface area contributed by atoms with Crippen LogP contribution in [-0.4, -0.2) is 21.5 Å². The van der Waals surface area contributed by atoms with Crippen molar-refractivity contribution in [3.8, 4) is 0 Å². The monoisotopic (exact) mass is 441 g/mol. The van der Waals surface area contributed by atoms with E-state index >= 15 is 0 Å². The number of hydrogen-bond acceptors (Lipinski definition) is 2. The largest absolute Gasteiger partial charge is 0.353 e. The minimum Gasteiger partial charge on any atom is -0.353 e. The molecule has 2 heterocycles. The van der Waals surface area contributed by atoms with E-state index in [-0.39, 0.29) is 34.3 Å². The van der Waals surface area contributed by atoms with Crippen molar-refractivity contribution in [2.45, 2.75) is 50.6 Å². The van der Waals surface area contributed by atoms with E-state index in [1.807, 2.05) is 4.57 Å². The number of fused-ring (bicyclic) bond motifs is 1. The molecule has 1 atom stereocenters. The maximum Gasteiger partial charge on any atom is 0.226 e. The lowest BCUT2D eigenvalue weighted by Crippen LogP contribution is -2.40. The molecule has 2 aliphatic rings. The van der Waals surface area contributed by atoms with Gasteiger partial charge < -0.3 is 14.9 Å². The van der Waals surface area contributed by atoms with Crippen molar-refractivity contribution < 1.29 is 13.6 Å². The Hall–Kier alpha value is -1.54. The van der Waals surface area contributed by atoms with Gasteiger partial charge in [-0.15, -0.1) is 0 Å². The number of halogens is 3. The summed E-state index contributed by atoms with van der Waals surface area (Å²) in [4.78, 5) is 15.3. The van der Waals surface area contributed by atoms with Crippen LogP contribution >= 0.6 is 28.1 Å². The highest BCUT2D eigenvalue weighted by molar-refractivity contribution is 9.10. The zero-order valence-corrected chi connectivity index (χ0v) is 16.4. The fourth-order valence-corrected chi connectivity index (χ4v) is 4.40. The molecule has 4 nitrogen and oxygen atoms in total. The van der Waals surface area contributed by atoms with Crippen LogP contribution in [0.5, 0.6) is 0 Å². The number of H-pyrrole nitrogens is 1. The Morgan fingerprint density at radius 3 is 2.85 bits per heavy atom. The maximum atomic E-state index is 14.4. The maximum absolute atomic E-state index is 14.4. The molecule has 0 saturated heterocycles. The second kappa shape index (κ2) is 6.88. The Morgan fingerprint density at radius 1 is 1.38 bits per heavy atom. The summed E-state index contributed by atoms with van der Waals surface area (Å²) in [5, 5.41) is 3.01. The Kier molecular flexibility index (Phi) is 4.73. The Morgan fingerprint density at radius 2 is 2.15 bits per heavy atom. The third kappa shape index (κ3) is 3.13. The second-order valence-electron chi connectivity index (χ2n) is 7.00. The smallest absolute Gasteiger partial charge is 0.226 e. The van der Waals surface area contributed by atoms with Crippen LogP contribution in [0.15, 0.2) is 16.6 Å². The molecule has 8 heteroatoms. The van der Waals surface area contributed by atoms with Gasteiger partial charge in [0.25, 0.3) is 0 Å². The lowest BCUT2D eigenvalue weighted by Gasteiger charge is -2.26. The van der Waals surface area contributed by atoms with Crippen molar-refractivity contribution in [2.75, 3.05) is 0 Å². The third-order valence-corrected chi connectivity index (χ3v) is 6.25. The highest BCUT2D eigenvalue weighted by Crippen LogP contribution is 2.36. The Bertz CT molecular complexity index is 935. The predicted molar refractivity (Wildman–Crippen MR) is 99.6 cm³/mol. The van der Waals surface area contributed by atoms with E-state index in [4.69, 9.17) is 12.2 Å². The fourth-order valence-electron chi connectivity index (χ4n) is 3.75. The van der Waals surface area contributed by atoms with Crippen LogP contribution in [-0.2, 0) is 24.2 Å². The normalized spacial score (nSPS) is 19.3. The molecule has 26 heavy (non-hydrogen) atoms. The number of aromatic amines is 1. The molecular formula is C18H18BrF2N3OS. The van der Waals surface area contributed by atoms with Crippen molar-refractivity contribution in [1.29, 1.82) is 0 Å². The number of amides is 1. The predicted octanol–water partition coefficient (Wildman–Crippen LogP) is 4.14. The molecule has 4 rings (SSSR count). The molecule has 0 spiro atoms.